The predicted octanol–water partition coefficient (Wildman–Crippen LogP) is 2.49. The fraction of sp³-hybridized carbons (Fsp3) is 0.333. The maximum Gasteiger partial charge on any atom is 0.365 e. The van der Waals surface area contributed by atoms with Crippen molar-refractivity contribution in [3.8, 4) is 11.5 Å². The minimum Gasteiger partial charge on any atom is -0.504 e. The standard InChI is InChI=1S/C15H18N4O3S/c1-15(2,3)19-13(22)16-14-18(19)8-12(23-14)17(4)9-5-6-10(20)11(21)7-9/h5-8,20-21H,1-4H3. The highest BCUT2D eigenvalue weighted by Crippen LogP contribution is 2.35. The van der Waals surface area contributed by atoms with Crippen LogP contribution in [-0.2, 0) is 5.54 Å². The SMILES string of the molecule is CN(c1ccc(O)c(O)c1)c1cn2c(nc(=O)n2C(C)(C)C)s1. The molecule has 2 aromatic heterocycles. The largest absolute Gasteiger partial charge is 0.504 e. The van der Waals surface area contributed by atoms with Gasteiger partial charge in [-0.1, -0.05) is 11.3 Å². The maximum absolute atomic E-state index is 12.0. The summed E-state index contributed by atoms with van der Waals surface area (Å²) < 4.78 is 3.35. The Morgan fingerprint density at radius 2 is 1.91 bits per heavy atom. The summed E-state index contributed by atoms with van der Waals surface area (Å²) >= 11 is 1.37. The third-order valence-corrected chi connectivity index (χ3v) is 4.57. The first-order chi connectivity index (χ1) is 10.7. The summed E-state index contributed by atoms with van der Waals surface area (Å²) in [5, 5.41) is 19.9. The van der Waals surface area contributed by atoms with Gasteiger partial charge in [0.15, 0.2) is 11.5 Å². The Morgan fingerprint density at radius 3 is 2.52 bits per heavy atom. The number of phenolic OH excluding ortho intramolecular Hbond substituents is 2. The molecular weight excluding hydrogens is 316 g/mol. The molecule has 2 heterocycles. The van der Waals surface area contributed by atoms with E-state index in [0.717, 1.165) is 10.7 Å². The molecule has 0 atom stereocenters. The molecular formula is C15H18N4O3S. The first kappa shape index (κ1) is 15.4. The number of rotatable bonds is 2. The molecule has 0 unspecified atom stereocenters. The second-order valence-corrected chi connectivity index (χ2v) is 7.29. The van der Waals surface area contributed by atoms with Gasteiger partial charge in [0.25, 0.3) is 0 Å². The van der Waals surface area contributed by atoms with Crippen molar-refractivity contribution in [2.24, 2.45) is 0 Å². The van der Waals surface area contributed by atoms with Crippen molar-refractivity contribution in [2.45, 2.75) is 26.3 Å². The average Bonchev–Trinajstić information content (AvgIpc) is 2.95. The van der Waals surface area contributed by atoms with Crippen LogP contribution in [0.25, 0.3) is 4.96 Å². The van der Waals surface area contributed by atoms with Gasteiger partial charge in [-0.3, -0.25) is 0 Å². The van der Waals surface area contributed by atoms with Gasteiger partial charge < -0.3 is 15.1 Å². The van der Waals surface area contributed by atoms with Gasteiger partial charge in [0.2, 0.25) is 4.96 Å². The maximum atomic E-state index is 12.0. The Labute approximate surface area is 136 Å². The van der Waals surface area contributed by atoms with Gasteiger partial charge in [0.1, 0.15) is 5.00 Å². The van der Waals surface area contributed by atoms with E-state index < -0.39 is 0 Å². The average molecular weight is 334 g/mol. The molecule has 23 heavy (non-hydrogen) atoms. The molecule has 1 aromatic carbocycles. The van der Waals surface area contributed by atoms with Crippen molar-refractivity contribution in [3.63, 3.8) is 0 Å². The van der Waals surface area contributed by atoms with Gasteiger partial charge in [-0.25, -0.2) is 14.0 Å². The molecule has 8 heteroatoms. The molecule has 122 valence electrons. The molecule has 0 aliphatic rings. The summed E-state index contributed by atoms with van der Waals surface area (Å²) in [6.45, 7) is 5.84. The second kappa shape index (κ2) is 5.02. The van der Waals surface area contributed by atoms with Crippen LogP contribution in [0.1, 0.15) is 20.8 Å². The summed E-state index contributed by atoms with van der Waals surface area (Å²) in [6, 6.07) is 4.62. The Bertz CT molecular complexity index is 932. The van der Waals surface area contributed by atoms with Crippen LogP contribution >= 0.6 is 11.3 Å². The topological polar surface area (TPSA) is 83.0 Å². The smallest absolute Gasteiger partial charge is 0.365 e. The lowest BCUT2D eigenvalue weighted by molar-refractivity contribution is 0.329. The second-order valence-electron chi connectivity index (χ2n) is 6.31. The number of aromatic hydroxyl groups is 2. The number of aromatic nitrogens is 3. The van der Waals surface area contributed by atoms with Crippen LogP contribution in [0, 0.1) is 0 Å². The molecule has 3 aromatic rings. The quantitative estimate of drug-likeness (QED) is 0.704. The summed E-state index contributed by atoms with van der Waals surface area (Å²) in [4.78, 5) is 18.6. The zero-order valence-corrected chi connectivity index (χ0v) is 14.1. The van der Waals surface area contributed by atoms with Crippen molar-refractivity contribution in [1.82, 2.24) is 14.2 Å². The van der Waals surface area contributed by atoms with Crippen LogP contribution in [0.3, 0.4) is 0 Å². The van der Waals surface area contributed by atoms with Crippen LogP contribution in [0.2, 0.25) is 0 Å². The van der Waals surface area contributed by atoms with Gasteiger partial charge in [0, 0.05) is 18.8 Å². The summed E-state index contributed by atoms with van der Waals surface area (Å²) in [7, 11) is 1.84. The lowest BCUT2D eigenvalue weighted by Crippen LogP contribution is -2.34. The fourth-order valence-corrected chi connectivity index (χ4v) is 3.31. The van der Waals surface area contributed by atoms with E-state index in [9.17, 15) is 15.0 Å². The molecule has 0 fully saturated rings. The zero-order chi connectivity index (χ0) is 16.9. The van der Waals surface area contributed by atoms with Crippen LogP contribution in [0.15, 0.2) is 29.2 Å². The van der Waals surface area contributed by atoms with Gasteiger partial charge in [-0.15, -0.1) is 0 Å². The molecule has 0 bridgehead atoms. The predicted molar refractivity (Wildman–Crippen MR) is 90.2 cm³/mol. The molecule has 0 aliphatic carbocycles. The highest BCUT2D eigenvalue weighted by molar-refractivity contribution is 7.20. The van der Waals surface area contributed by atoms with Crippen molar-refractivity contribution in [3.05, 3.63) is 34.9 Å². The van der Waals surface area contributed by atoms with E-state index in [2.05, 4.69) is 4.98 Å². The summed E-state index contributed by atoms with van der Waals surface area (Å²) in [5.41, 5.74) is 0.0548. The highest BCUT2D eigenvalue weighted by Gasteiger charge is 2.22. The van der Waals surface area contributed by atoms with E-state index in [1.54, 1.807) is 15.3 Å². The molecule has 0 amide bonds. The Balaban J connectivity index is 2.08. The van der Waals surface area contributed by atoms with E-state index in [0.29, 0.717) is 4.96 Å². The lowest BCUT2D eigenvalue weighted by Gasteiger charge is -2.20. The first-order valence-corrected chi connectivity index (χ1v) is 7.87. The Hall–Kier alpha value is -2.48. The number of hydrogen-bond donors (Lipinski definition) is 2. The fourth-order valence-electron chi connectivity index (χ4n) is 2.38. The number of thiazole rings is 1. The normalized spacial score (nSPS) is 12.0. The van der Waals surface area contributed by atoms with Gasteiger partial charge in [-0.2, -0.15) is 4.98 Å². The molecule has 3 rings (SSSR count). The molecule has 0 saturated heterocycles. The van der Waals surface area contributed by atoms with Crippen LogP contribution in [0.5, 0.6) is 11.5 Å². The van der Waals surface area contributed by atoms with Crippen molar-refractivity contribution in [1.29, 1.82) is 0 Å². The zero-order valence-electron chi connectivity index (χ0n) is 13.3. The number of anilines is 2. The number of nitrogens with zero attached hydrogens (tertiary/aromatic N) is 4. The molecule has 0 aliphatic heterocycles. The van der Waals surface area contributed by atoms with E-state index >= 15 is 0 Å². The van der Waals surface area contributed by atoms with E-state index in [4.69, 9.17) is 0 Å². The summed E-state index contributed by atoms with van der Waals surface area (Å²) in [6.07, 6.45) is 1.84. The van der Waals surface area contributed by atoms with Gasteiger partial charge >= 0.3 is 5.69 Å². The Kier molecular flexibility index (Phi) is 3.36. The van der Waals surface area contributed by atoms with Crippen LogP contribution in [-0.4, -0.2) is 31.4 Å². The van der Waals surface area contributed by atoms with Crippen molar-refractivity contribution < 1.29 is 10.2 Å². The van der Waals surface area contributed by atoms with Crippen molar-refractivity contribution >= 4 is 27.0 Å². The third kappa shape index (κ3) is 2.55. The van der Waals surface area contributed by atoms with Gasteiger partial charge in [-0.05, 0) is 32.9 Å². The number of fused-ring (bicyclic) bond motifs is 1. The molecule has 0 spiro atoms. The van der Waals surface area contributed by atoms with E-state index in [1.165, 1.54) is 23.5 Å². The first-order valence-electron chi connectivity index (χ1n) is 7.06. The third-order valence-electron chi connectivity index (χ3n) is 3.52. The van der Waals surface area contributed by atoms with E-state index in [1.807, 2.05) is 38.9 Å². The monoisotopic (exact) mass is 334 g/mol. The van der Waals surface area contributed by atoms with Crippen molar-refractivity contribution in [2.75, 3.05) is 11.9 Å². The van der Waals surface area contributed by atoms with E-state index in [-0.39, 0.29) is 22.7 Å². The minimum atomic E-state index is -0.385. The number of phenols is 2. The molecule has 0 saturated carbocycles. The minimum absolute atomic E-state index is 0.162. The molecule has 0 radical (unpaired) electrons. The highest BCUT2D eigenvalue weighted by atomic mass is 32.1. The lowest BCUT2D eigenvalue weighted by atomic mass is 10.1. The summed E-state index contributed by atoms with van der Waals surface area (Å²) in [5.74, 6) is -0.341. The van der Waals surface area contributed by atoms with Crippen LogP contribution in [0.4, 0.5) is 10.7 Å². The number of benzene rings is 1. The molecule has 2 N–H and O–H groups in total. The van der Waals surface area contributed by atoms with Crippen LogP contribution < -0.4 is 10.6 Å². The molecule has 7 nitrogen and oxygen atoms in total. The van der Waals surface area contributed by atoms with Gasteiger partial charge in [0.05, 0.1) is 11.7 Å². The Morgan fingerprint density at radius 1 is 1.22 bits per heavy atom. The number of hydrogen-bond acceptors (Lipinski definition) is 6.